The van der Waals surface area contributed by atoms with Gasteiger partial charge in [-0.2, -0.15) is 0 Å². The van der Waals surface area contributed by atoms with Gasteiger partial charge in [-0.05, 0) is 52.8 Å². The molecular formula is C19H18F2. The topological polar surface area (TPSA) is 0 Å². The highest BCUT2D eigenvalue weighted by atomic mass is 19.2. The maximum Gasteiger partial charge on any atom is 0.166 e. The molecule has 0 radical (unpaired) electrons. The van der Waals surface area contributed by atoms with E-state index in [4.69, 9.17) is 0 Å². The van der Waals surface area contributed by atoms with Crippen molar-refractivity contribution in [1.82, 2.24) is 0 Å². The summed E-state index contributed by atoms with van der Waals surface area (Å²) in [5.74, 6) is -1.55. The summed E-state index contributed by atoms with van der Waals surface area (Å²) in [6, 6.07) is 12.8. The molecule has 2 heteroatoms. The van der Waals surface area contributed by atoms with Gasteiger partial charge < -0.3 is 0 Å². The highest BCUT2D eigenvalue weighted by molar-refractivity contribution is 5.98. The summed E-state index contributed by atoms with van der Waals surface area (Å²) in [5.41, 5.74) is 1.26. The third-order valence-electron chi connectivity index (χ3n) is 4.00. The van der Waals surface area contributed by atoms with Gasteiger partial charge in [-0.15, -0.1) is 0 Å². The van der Waals surface area contributed by atoms with Crippen LogP contribution in [0.5, 0.6) is 0 Å². The van der Waals surface area contributed by atoms with Crippen molar-refractivity contribution in [2.75, 3.05) is 0 Å². The summed E-state index contributed by atoms with van der Waals surface area (Å²) in [7, 11) is 0. The molecule has 108 valence electrons. The van der Waals surface area contributed by atoms with Crippen LogP contribution in [0.4, 0.5) is 8.78 Å². The molecule has 0 fully saturated rings. The average Bonchev–Trinajstić information content (AvgIpc) is 2.50. The van der Waals surface area contributed by atoms with E-state index >= 15 is 0 Å². The van der Waals surface area contributed by atoms with Gasteiger partial charge in [0.25, 0.3) is 0 Å². The number of fused-ring (bicyclic) bond motifs is 2. The summed E-state index contributed by atoms with van der Waals surface area (Å²) in [6.07, 6.45) is 4.62. The van der Waals surface area contributed by atoms with Crippen molar-refractivity contribution in [1.29, 1.82) is 0 Å². The lowest BCUT2D eigenvalue weighted by atomic mass is 9.99. The molecule has 3 aromatic carbocycles. The molecule has 0 saturated heterocycles. The first-order valence-corrected chi connectivity index (χ1v) is 7.49. The minimum atomic E-state index is -0.791. The molecule has 0 saturated carbocycles. The van der Waals surface area contributed by atoms with E-state index in [2.05, 4.69) is 25.1 Å². The van der Waals surface area contributed by atoms with Gasteiger partial charge in [0, 0.05) is 5.39 Å². The fourth-order valence-electron chi connectivity index (χ4n) is 2.79. The Labute approximate surface area is 123 Å². The Morgan fingerprint density at radius 3 is 2.43 bits per heavy atom. The SMILES string of the molecule is CCCCCc1ccc2cc3ccc(F)c(F)c3cc2c1. The molecule has 0 heterocycles. The number of rotatable bonds is 4. The van der Waals surface area contributed by atoms with Crippen molar-refractivity contribution < 1.29 is 8.78 Å². The van der Waals surface area contributed by atoms with E-state index in [1.54, 1.807) is 12.1 Å². The van der Waals surface area contributed by atoms with E-state index in [9.17, 15) is 8.78 Å². The molecule has 3 aromatic rings. The quantitative estimate of drug-likeness (QED) is 0.407. The minimum Gasteiger partial charge on any atom is -0.204 e. The zero-order chi connectivity index (χ0) is 14.8. The van der Waals surface area contributed by atoms with Gasteiger partial charge in [0.05, 0.1) is 0 Å². The van der Waals surface area contributed by atoms with Crippen LogP contribution in [0.15, 0.2) is 42.5 Å². The van der Waals surface area contributed by atoms with Gasteiger partial charge in [0.2, 0.25) is 0 Å². The average molecular weight is 284 g/mol. The van der Waals surface area contributed by atoms with Gasteiger partial charge in [0.1, 0.15) is 0 Å². The zero-order valence-electron chi connectivity index (χ0n) is 12.1. The third kappa shape index (κ3) is 2.76. The van der Waals surface area contributed by atoms with Gasteiger partial charge in [-0.1, -0.05) is 44.0 Å². The lowest BCUT2D eigenvalue weighted by Gasteiger charge is -2.07. The summed E-state index contributed by atoms with van der Waals surface area (Å²) in [6.45, 7) is 2.18. The van der Waals surface area contributed by atoms with Crippen molar-refractivity contribution in [3.63, 3.8) is 0 Å². The van der Waals surface area contributed by atoms with Crippen LogP contribution in [0.2, 0.25) is 0 Å². The first-order chi connectivity index (χ1) is 10.2. The van der Waals surface area contributed by atoms with E-state index < -0.39 is 11.6 Å². The van der Waals surface area contributed by atoms with Crippen molar-refractivity contribution in [3.05, 3.63) is 59.7 Å². The Hall–Kier alpha value is -1.96. The van der Waals surface area contributed by atoms with Crippen molar-refractivity contribution in [2.24, 2.45) is 0 Å². The predicted octanol–water partition coefficient (Wildman–Crippen LogP) is 6.00. The highest BCUT2D eigenvalue weighted by Gasteiger charge is 2.08. The monoisotopic (exact) mass is 284 g/mol. The van der Waals surface area contributed by atoms with Crippen LogP contribution >= 0.6 is 0 Å². The van der Waals surface area contributed by atoms with E-state index in [-0.39, 0.29) is 0 Å². The Morgan fingerprint density at radius 1 is 0.810 bits per heavy atom. The fourth-order valence-corrected chi connectivity index (χ4v) is 2.79. The van der Waals surface area contributed by atoms with Crippen LogP contribution < -0.4 is 0 Å². The zero-order valence-corrected chi connectivity index (χ0v) is 12.1. The highest BCUT2D eigenvalue weighted by Crippen LogP contribution is 2.27. The molecule has 21 heavy (non-hydrogen) atoms. The molecule has 0 amide bonds. The maximum absolute atomic E-state index is 13.9. The van der Waals surface area contributed by atoms with Gasteiger partial charge in [-0.25, -0.2) is 8.78 Å². The predicted molar refractivity (Wildman–Crippen MR) is 84.6 cm³/mol. The number of unbranched alkanes of at least 4 members (excludes halogenated alkanes) is 2. The van der Waals surface area contributed by atoms with Crippen LogP contribution in [0.25, 0.3) is 21.5 Å². The first kappa shape index (κ1) is 14.0. The normalized spacial score (nSPS) is 11.4. The number of aryl methyl sites for hydroxylation is 1. The lowest BCUT2D eigenvalue weighted by molar-refractivity contribution is 0.517. The number of halogens is 2. The van der Waals surface area contributed by atoms with Crippen LogP contribution in [-0.2, 0) is 6.42 Å². The van der Waals surface area contributed by atoms with E-state index in [0.717, 1.165) is 22.6 Å². The minimum absolute atomic E-state index is 0.355. The number of hydrogen-bond acceptors (Lipinski definition) is 0. The summed E-state index contributed by atoms with van der Waals surface area (Å²) < 4.78 is 27.3. The second-order valence-corrected chi connectivity index (χ2v) is 5.57. The molecule has 3 rings (SSSR count). The van der Waals surface area contributed by atoms with Crippen LogP contribution in [0.3, 0.4) is 0 Å². The Balaban J connectivity index is 2.07. The van der Waals surface area contributed by atoms with Gasteiger partial charge in [0.15, 0.2) is 11.6 Å². The lowest BCUT2D eigenvalue weighted by Crippen LogP contribution is -1.89. The largest absolute Gasteiger partial charge is 0.204 e. The van der Waals surface area contributed by atoms with Gasteiger partial charge >= 0.3 is 0 Å². The second kappa shape index (κ2) is 5.80. The molecular weight excluding hydrogens is 266 g/mol. The number of benzene rings is 3. The van der Waals surface area contributed by atoms with Crippen LogP contribution in [0.1, 0.15) is 31.7 Å². The molecule has 0 spiro atoms. The van der Waals surface area contributed by atoms with E-state index in [1.807, 2.05) is 6.07 Å². The standard InChI is InChI=1S/C19H18F2/c1-2-3-4-5-13-6-7-14-11-15-8-9-18(20)19(21)17(15)12-16(14)10-13/h6-12H,2-5H2,1H3. The third-order valence-corrected chi connectivity index (χ3v) is 4.00. The Morgan fingerprint density at radius 2 is 1.62 bits per heavy atom. The Bertz CT molecular complexity index is 790. The molecule has 0 aliphatic carbocycles. The second-order valence-electron chi connectivity index (χ2n) is 5.57. The molecule has 0 aliphatic heterocycles. The molecule has 0 aromatic heterocycles. The summed E-state index contributed by atoms with van der Waals surface area (Å²) in [4.78, 5) is 0. The molecule has 0 unspecified atom stereocenters. The molecule has 0 atom stereocenters. The molecule has 0 aliphatic rings. The van der Waals surface area contributed by atoms with Crippen molar-refractivity contribution in [2.45, 2.75) is 32.6 Å². The van der Waals surface area contributed by atoms with Crippen LogP contribution in [0, 0.1) is 11.6 Å². The number of hydrogen-bond donors (Lipinski definition) is 0. The Kier molecular flexibility index (Phi) is 3.87. The van der Waals surface area contributed by atoms with Gasteiger partial charge in [-0.3, -0.25) is 0 Å². The first-order valence-electron chi connectivity index (χ1n) is 7.49. The molecule has 0 nitrogen and oxygen atoms in total. The summed E-state index contributed by atoms with van der Waals surface area (Å²) in [5, 5.41) is 3.13. The summed E-state index contributed by atoms with van der Waals surface area (Å²) >= 11 is 0. The van der Waals surface area contributed by atoms with E-state index in [0.29, 0.717) is 5.39 Å². The van der Waals surface area contributed by atoms with Crippen molar-refractivity contribution in [3.8, 4) is 0 Å². The molecule has 0 N–H and O–H groups in total. The van der Waals surface area contributed by atoms with Crippen LogP contribution in [-0.4, -0.2) is 0 Å². The van der Waals surface area contributed by atoms with Crippen molar-refractivity contribution >= 4 is 21.5 Å². The smallest absolute Gasteiger partial charge is 0.166 e. The maximum atomic E-state index is 13.9. The van der Waals surface area contributed by atoms with E-state index in [1.165, 1.54) is 30.9 Å². The molecule has 0 bridgehead atoms. The fraction of sp³-hybridized carbons (Fsp3) is 0.263.